The number of ether oxygens (including phenoxy) is 2. The van der Waals surface area contributed by atoms with Gasteiger partial charge in [-0.05, 0) is 18.1 Å². The Balaban J connectivity index is 3.35. The Hall–Kier alpha value is -3.35. The molecule has 0 aromatic heterocycles. The number of benzene rings is 1. The SMILES string of the molecule is C=CC(=O)OCC(NC(=O)O)C(OC(=O)C=C)C(C)(C)c1ccc(C(=C)C)cc1. The molecule has 0 aliphatic heterocycles. The quantitative estimate of drug-likeness (QED) is 0.460. The van der Waals surface area contributed by atoms with Crippen molar-refractivity contribution in [2.75, 3.05) is 6.61 Å². The van der Waals surface area contributed by atoms with Gasteiger partial charge in [-0.15, -0.1) is 0 Å². The van der Waals surface area contributed by atoms with Crippen LogP contribution in [0.1, 0.15) is 31.9 Å². The molecule has 1 aromatic rings. The van der Waals surface area contributed by atoms with E-state index in [4.69, 9.17) is 9.47 Å². The van der Waals surface area contributed by atoms with Gasteiger partial charge in [0.15, 0.2) is 0 Å². The lowest BCUT2D eigenvalue weighted by Crippen LogP contribution is -2.55. The van der Waals surface area contributed by atoms with Crippen molar-refractivity contribution in [3.05, 3.63) is 67.3 Å². The van der Waals surface area contributed by atoms with Crippen molar-refractivity contribution in [3.63, 3.8) is 0 Å². The van der Waals surface area contributed by atoms with E-state index in [1.54, 1.807) is 13.8 Å². The van der Waals surface area contributed by atoms with Gasteiger partial charge in [-0.25, -0.2) is 14.4 Å². The van der Waals surface area contributed by atoms with E-state index < -0.39 is 35.6 Å². The van der Waals surface area contributed by atoms with Gasteiger partial charge in [-0.3, -0.25) is 0 Å². The number of amides is 1. The molecule has 0 saturated heterocycles. The summed E-state index contributed by atoms with van der Waals surface area (Å²) in [7, 11) is 0. The minimum atomic E-state index is -1.35. The van der Waals surface area contributed by atoms with Gasteiger partial charge in [0.25, 0.3) is 0 Å². The number of carbonyl (C=O) groups is 3. The van der Waals surface area contributed by atoms with Crippen LogP contribution in [0, 0.1) is 0 Å². The average molecular weight is 401 g/mol. The minimum absolute atomic E-state index is 0.348. The number of nitrogens with one attached hydrogen (secondary N) is 1. The molecular formula is C22H27NO6. The highest BCUT2D eigenvalue weighted by molar-refractivity contribution is 5.82. The summed E-state index contributed by atoms with van der Waals surface area (Å²) in [6.07, 6.45) is -0.402. The van der Waals surface area contributed by atoms with E-state index in [-0.39, 0.29) is 6.61 Å². The Morgan fingerprint density at radius 3 is 2.14 bits per heavy atom. The van der Waals surface area contributed by atoms with E-state index >= 15 is 0 Å². The fourth-order valence-corrected chi connectivity index (χ4v) is 2.85. The first kappa shape index (κ1) is 23.7. The third-order valence-electron chi connectivity index (χ3n) is 4.49. The molecule has 7 heteroatoms. The normalized spacial score (nSPS) is 12.8. The summed E-state index contributed by atoms with van der Waals surface area (Å²) in [4.78, 5) is 34.8. The van der Waals surface area contributed by atoms with Crippen LogP contribution in [0.4, 0.5) is 4.79 Å². The van der Waals surface area contributed by atoms with Gasteiger partial charge in [0.05, 0.1) is 0 Å². The van der Waals surface area contributed by atoms with Crippen molar-refractivity contribution < 1.29 is 29.0 Å². The Morgan fingerprint density at radius 2 is 1.69 bits per heavy atom. The molecule has 7 nitrogen and oxygen atoms in total. The first-order valence-corrected chi connectivity index (χ1v) is 8.91. The molecule has 1 aromatic carbocycles. The minimum Gasteiger partial charge on any atom is -0.465 e. The van der Waals surface area contributed by atoms with Crippen LogP contribution in [0.2, 0.25) is 0 Å². The predicted octanol–water partition coefficient (Wildman–Crippen LogP) is 3.46. The van der Waals surface area contributed by atoms with Crippen LogP contribution in [0.15, 0.2) is 56.2 Å². The summed E-state index contributed by atoms with van der Waals surface area (Å²) in [6, 6.07) is 6.43. The maximum absolute atomic E-state index is 12.0. The number of esters is 2. The van der Waals surface area contributed by atoms with Crippen LogP contribution in [-0.2, 0) is 24.5 Å². The Morgan fingerprint density at radius 1 is 1.14 bits per heavy atom. The average Bonchev–Trinajstić information content (AvgIpc) is 2.68. The Labute approximate surface area is 170 Å². The van der Waals surface area contributed by atoms with Gasteiger partial charge in [0.1, 0.15) is 18.8 Å². The number of carbonyl (C=O) groups excluding carboxylic acids is 2. The third kappa shape index (κ3) is 6.64. The Bertz CT molecular complexity index is 794. The molecule has 156 valence electrons. The summed E-state index contributed by atoms with van der Waals surface area (Å²) in [5.74, 6) is -1.45. The van der Waals surface area contributed by atoms with Crippen molar-refractivity contribution in [2.45, 2.75) is 38.3 Å². The highest BCUT2D eigenvalue weighted by atomic mass is 16.6. The van der Waals surface area contributed by atoms with Crippen LogP contribution in [-0.4, -0.2) is 41.9 Å². The molecule has 0 fully saturated rings. The summed E-state index contributed by atoms with van der Waals surface area (Å²) in [6.45, 7) is 15.7. The van der Waals surface area contributed by atoms with E-state index in [0.29, 0.717) is 0 Å². The van der Waals surface area contributed by atoms with Gasteiger partial charge in [0, 0.05) is 17.6 Å². The zero-order valence-electron chi connectivity index (χ0n) is 16.9. The molecule has 29 heavy (non-hydrogen) atoms. The molecular weight excluding hydrogens is 374 g/mol. The topological polar surface area (TPSA) is 102 Å². The lowest BCUT2D eigenvalue weighted by atomic mass is 9.76. The molecule has 1 amide bonds. The Kier molecular flexibility index (Phi) is 8.38. The monoisotopic (exact) mass is 401 g/mol. The second-order valence-corrected chi connectivity index (χ2v) is 7.03. The first-order chi connectivity index (χ1) is 13.5. The second kappa shape index (κ2) is 10.3. The van der Waals surface area contributed by atoms with E-state index in [1.165, 1.54) is 0 Å². The molecule has 1 rings (SSSR count). The van der Waals surface area contributed by atoms with Crippen molar-refractivity contribution >= 4 is 23.6 Å². The highest BCUT2D eigenvalue weighted by Crippen LogP contribution is 2.32. The number of rotatable bonds is 10. The molecule has 0 bridgehead atoms. The van der Waals surface area contributed by atoms with Crippen molar-refractivity contribution in [1.82, 2.24) is 5.32 Å². The van der Waals surface area contributed by atoms with Crippen molar-refractivity contribution in [1.29, 1.82) is 0 Å². The third-order valence-corrected chi connectivity index (χ3v) is 4.49. The summed E-state index contributed by atoms with van der Waals surface area (Å²) < 4.78 is 10.5. The summed E-state index contributed by atoms with van der Waals surface area (Å²) >= 11 is 0. The molecule has 0 aliphatic carbocycles. The van der Waals surface area contributed by atoms with Gasteiger partial charge >= 0.3 is 18.0 Å². The molecule has 0 radical (unpaired) electrons. The molecule has 0 saturated carbocycles. The standard InChI is InChI=1S/C22H27NO6/c1-7-18(24)28-13-17(23-21(26)27)20(29-19(25)8-2)22(5,6)16-11-9-15(10-12-16)14(3)4/h7-12,17,20,23H,1-3,13H2,4-6H3,(H,26,27). The predicted molar refractivity (Wildman–Crippen MR) is 110 cm³/mol. The van der Waals surface area contributed by atoms with E-state index in [0.717, 1.165) is 28.9 Å². The van der Waals surface area contributed by atoms with Crippen molar-refractivity contribution in [3.8, 4) is 0 Å². The molecule has 2 N–H and O–H groups in total. The largest absolute Gasteiger partial charge is 0.465 e. The number of allylic oxidation sites excluding steroid dienone is 1. The zero-order chi connectivity index (χ0) is 22.2. The van der Waals surface area contributed by atoms with Gasteiger partial charge in [0.2, 0.25) is 0 Å². The van der Waals surface area contributed by atoms with Gasteiger partial charge in [-0.1, -0.05) is 63.4 Å². The zero-order valence-corrected chi connectivity index (χ0v) is 16.9. The van der Waals surface area contributed by atoms with Gasteiger partial charge in [-0.2, -0.15) is 0 Å². The number of hydrogen-bond donors (Lipinski definition) is 2. The van der Waals surface area contributed by atoms with Crippen molar-refractivity contribution in [2.24, 2.45) is 0 Å². The lowest BCUT2D eigenvalue weighted by molar-refractivity contribution is -0.151. The molecule has 2 unspecified atom stereocenters. The second-order valence-electron chi connectivity index (χ2n) is 7.03. The number of hydrogen-bond acceptors (Lipinski definition) is 5. The smallest absolute Gasteiger partial charge is 0.405 e. The lowest BCUT2D eigenvalue weighted by Gasteiger charge is -2.38. The molecule has 0 aliphatic rings. The highest BCUT2D eigenvalue weighted by Gasteiger charge is 2.41. The fourth-order valence-electron chi connectivity index (χ4n) is 2.85. The molecule has 2 atom stereocenters. The number of carboxylic acid groups (broad SMARTS) is 1. The molecule has 0 heterocycles. The fraction of sp³-hybridized carbons (Fsp3) is 0.318. The van der Waals surface area contributed by atoms with Crippen LogP contribution in [0.25, 0.3) is 5.57 Å². The van der Waals surface area contributed by atoms with E-state index in [9.17, 15) is 19.5 Å². The molecule has 0 spiro atoms. The van der Waals surface area contributed by atoms with E-state index in [1.807, 2.05) is 31.2 Å². The van der Waals surface area contributed by atoms with Gasteiger partial charge < -0.3 is 19.9 Å². The maximum atomic E-state index is 12.0. The van der Waals surface area contributed by atoms with Crippen LogP contribution in [0.3, 0.4) is 0 Å². The van der Waals surface area contributed by atoms with E-state index in [2.05, 4.69) is 25.1 Å². The summed E-state index contributed by atoms with van der Waals surface area (Å²) in [5.41, 5.74) is 1.78. The first-order valence-electron chi connectivity index (χ1n) is 8.91. The van der Waals surface area contributed by atoms with Crippen LogP contribution >= 0.6 is 0 Å². The van der Waals surface area contributed by atoms with Crippen LogP contribution in [0.5, 0.6) is 0 Å². The van der Waals surface area contributed by atoms with Crippen LogP contribution < -0.4 is 5.32 Å². The summed E-state index contributed by atoms with van der Waals surface area (Å²) in [5, 5.41) is 11.5. The maximum Gasteiger partial charge on any atom is 0.405 e.